The molecule has 1 atom stereocenters. The summed E-state index contributed by atoms with van der Waals surface area (Å²) < 4.78 is 5.77. The highest BCUT2D eigenvalue weighted by Crippen LogP contribution is 2.63. The maximum atomic E-state index is 13.1. The van der Waals surface area contributed by atoms with Crippen LogP contribution in [0.15, 0.2) is 16.5 Å². The number of amides is 1. The van der Waals surface area contributed by atoms with E-state index < -0.39 is 0 Å². The molecule has 0 bridgehead atoms. The lowest BCUT2D eigenvalue weighted by molar-refractivity contribution is -0.136. The van der Waals surface area contributed by atoms with Gasteiger partial charge >= 0.3 is 0 Å². The molecular formula is C18H26N4O2. The molecule has 6 heteroatoms. The number of carbonyl (C=O) groups is 1. The lowest BCUT2D eigenvalue weighted by Crippen LogP contribution is -2.59. The Balaban J connectivity index is 1.52. The van der Waals surface area contributed by atoms with Crippen molar-refractivity contribution in [1.29, 1.82) is 0 Å². The van der Waals surface area contributed by atoms with Gasteiger partial charge in [0.25, 0.3) is 5.91 Å². The largest absolute Gasteiger partial charge is 0.375 e. The summed E-state index contributed by atoms with van der Waals surface area (Å²) >= 11 is 0. The fraction of sp³-hybridized carbons (Fsp3) is 0.778. The standard InChI is InChI=1S/C18H26N4O2/c1-2-3-9-21-13-6-10-24-11-14(13)22-15(16(21)23)19-20-17(22)18(7-8-18)12-4-5-12/h12,15,19H,2-11H2,1H3. The van der Waals surface area contributed by atoms with E-state index in [0.29, 0.717) is 13.2 Å². The van der Waals surface area contributed by atoms with E-state index in [9.17, 15) is 4.79 Å². The molecule has 5 aliphatic rings. The minimum Gasteiger partial charge on any atom is -0.375 e. The molecule has 130 valence electrons. The molecule has 2 aliphatic carbocycles. The van der Waals surface area contributed by atoms with Crippen LogP contribution in [0.4, 0.5) is 0 Å². The van der Waals surface area contributed by atoms with E-state index in [0.717, 1.165) is 37.6 Å². The Kier molecular flexibility index (Phi) is 3.21. The number of carbonyl (C=O) groups excluding carboxylic acids is 1. The van der Waals surface area contributed by atoms with Gasteiger partial charge in [0.2, 0.25) is 6.17 Å². The summed E-state index contributed by atoms with van der Waals surface area (Å²) in [5, 5.41) is 4.69. The first-order valence-electron chi connectivity index (χ1n) is 9.50. The molecule has 24 heavy (non-hydrogen) atoms. The van der Waals surface area contributed by atoms with Crippen molar-refractivity contribution in [2.75, 3.05) is 19.8 Å². The first kappa shape index (κ1) is 14.8. The molecule has 0 aromatic carbocycles. The molecule has 0 saturated heterocycles. The maximum absolute atomic E-state index is 13.1. The number of nitrogens with one attached hydrogen (secondary N) is 1. The van der Waals surface area contributed by atoms with Crippen molar-refractivity contribution in [2.24, 2.45) is 16.4 Å². The van der Waals surface area contributed by atoms with E-state index in [1.807, 2.05) is 4.90 Å². The zero-order valence-electron chi connectivity index (χ0n) is 14.4. The molecule has 1 unspecified atom stereocenters. The predicted octanol–water partition coefficient (Wildman–Crippen LogP) is 2.00. The van der Waals surface area contributed by atoms with Gasteiger partial charge in [-0.25, -0.2) is 0 Å². The Morgan fingerprint density at radius 1 is 1.33 bits per heavy atom. The third-order valence-electron chi connectivity index (χ3n) is 6.28. The lowest BCUT2D eigenvalue weighted by Gasteiger charge is -2.43. The number of ether oxygens (including phenoxy) is 1. The number of hydrazone groups is 1. The molecule has 0 radical (unpaired) electrons. The highest BCUT2D eigenvalue weighted by molar-refractivity contribution is 6.00. The Bertz CT molecular complexity index is 633. The van der Waals surface area contributed by atoms with Gasteiger partial charge in [-0.1, -0.05) is 13.3 Å². The molecule has 6 nitrogen and oxygen atoms in total. The van der Waals surface area contributed by atoms with Crippen LogP contribution >= 0.6 is 0 Å². The van der Waals surface area contributed by atoms with E-state index >= 15 is 0 Å². The van der Waals surface area contributed by atoms with Gasteiger partial charge in [0.1, 0.15) is 5.84 Å². The molecular weight excluding hydrogens is 304 g/mol. The van der Waals surface area contributed by atoms with Gasteiger partial charge < -0.3 is 9.64 Å². The van der Waals surface area contributed by atoms with Gasteiger partial charge in [-0.3, -0.25) is 15.1 Å². The van der Waals surface area contributed by atoms with Crippen molar-refractivity contribution in [2.45, 2.75) is 58.0 Å². The smallest absolute Gasteiger partial charge is 0.272 e. The van der Waals surface area contributed by atoms with Crippen LogP contribution in [-0.2, 0) is 9.53 Å². The summed E-state index contributed by atoms with van der Waals surface area (Å²) in [5.41, 5.74) is 5.76. The summed E-state index contributed by atoms with van der Waals surface area (Å²) in [4.78, 5) is 17.3. The summed E-state index contributed by atoms with van der Waals surface area (Å²) in [5.74, 6) is 2.06. The second kappa shape index (κ2) is 5.22. The summed E-state index contributed by atoms with van der Waals surface area (Å²) in [6, 6.07) is 0. The number of nitrogens with zero attached hydrogens (tertiary/aromatic N) is 3. The van der Waals surface area contributed by atoms with Crippen molar-refractivity contribution < 1.29 is 9.53 Å². The molecule has 0 aromatic heterocycles. The van der Waals surface area contributed by atoms with Crippen LogP contribution in [0.3, 0.4) is 0 Å². The molecule has 3 heterocycles. The van der Waals surface area contributed by atoms with E-state index in [4.69, 9.17) is 4.74 Å². The van der Waals surface area contributed by atoms with Crippen molar-refractivity contribution in [3.8, 4) is 0 Å². The van der Waals surface area contributed by atoms with Crippen LogP contribution in [0.25, 0.3) is 0 Å². The minimum absolute atomic E-state index is 0.162. The van der Waals surface area contributed by atoms with Crippen molar-refractivity contribution in [3.63, 3.8) is 0 Å². The van der Waals surface area contributed by atoms with Gasteiger partial charge in [0.15, 0.2) is 0 Å². The second-order valence-electron chi connectivity index (χ2n) is 7.81. The molecule has 2 fully saturated rings. The average molecular weight is 330 g/mol. The van der Waals surface area contributed by atoms with Crippen LogP contribution in [-0.4, -0.2) is 47.5 Å². The Hall–Kier alpha value is -1.56. The average Bonchev–Trinajstić information content (AvgIpc) is 3.51. The normalized spacial score (nSPS) is 30.8. The monoisotopic (exact) mass is 330 g/mol. The van der Waals surface area contributed by atoms with Gasteiger partial charge in [-0.15, -0.1) is 0 Å². The van der Waals surface area contributed by atoms with Crippen molar-refractivity contribution in [3.05, 3.63) is 11.4 Å². The summed E-state index contributed by atoms with van der Waals surface area (Å²) in [7, 11) is 0. The highest BCUT2D eigenvalue weighted by Gasteiger charge is 2.62. The van der Waals surface area contributed by atoms with Crippen molar-refractivity contribution >= 4 is 11.7 Å². The molecule has 0 spiro atoms. The Morgan fingerprint density at radius 3 is 2.88 bits per heavy atom. The first-order valence-corrected chi connectivity index (χ1v) is 9.50. The third kappa shape index (κ3) is 1.98. The van der Waals surface area contributed by atoms with E-state index in [1.54, 1.807) is 0 Å². The fourth-order valence-corrected chi connectivity index (χ4v) is 4.65. The van der Waals surface area contributed by atoms with E-state index in [2.05, 4.69) is 22.4 Å². The first-order chi connectivity index (χ1) is 11.8. The number of hydrogen-bond acceptors (Lipinski definition) is 5. The fourth-order valence-electron chi connectivity index (χ4n) is 4.65. The Labute approximate surface area is 142 Å². The predicted molar refractivity (Wildman–Crippen MR) is 89.7 cm³/mol. The Morgan fingerprint density at radius 2 is 2.17 bits per heavy atom. The number of amidine groups is 1. The van der Waals surface area contributed by atoms with Gasteiger partial charge in [0, 0.05) is 24.1 Å². The van der Waals surface area contributed by atoms with E-state index in [-0.39, 0.29) is 17.5 Å². The summed E-state index contributed by atoms with van der Waals surface area (Å²) in [6.07, 6.45) is 7.68. The van der Waals surface area contributed by atoms with Crippen LogP contribution in [0, 0.1) is 11.3 Å². The topological polar surface area (TPSA) is 57.2 Å². The number of unbranched alkanes of at least 4 members (excludes halogenated alkanes) is 1. The molecule has 1 N–H and O–H groups in total. The maximum Gasteiger partial charge on any atom is 0.272 e. The highest BCUT2D eigenvalue weighted by atomic mass is 16.5. The minimum atomic E-state index is -0.353. The lowest BCUT2D eigenvalue weighted by atomic mass is 9.96. The van der Waals surface area contributed by atoms with Crippen LogP contribution in [0.5, 0.6) is 0 Å². The quantitative estimate of drug-likeness (QED) is 0.838. The third-order valence-corrected chi connectivity index (χ3v) is 6.28. The van der Waals surface area contributed by atoms with Gasteiger partial charge in [-0.05, 0) is 38.0 Å². The molecule has 1 amide bonds. The molecule has 0 aromatic rings. The van der Waals surface area contributed by atoms with E-state index in [1.165, 1.54) is 37.1 Å². The summed E-state index contributed by atoms with van der Waals surface area (Å²) in [6.45, 7) is 4.29. The number of rotatable bonds is 5. The zero-order chi connectivity index (χ0) is 16.3. The number of fused-ring (bicyclic) bond motifs is 2. The molecule has 3 aliphatic heterocycles. The molecule has 2 saturated carbocycles. The van der Waals surface area contributed by atoms with Crippen molar-refractivity contribution in [1.82, 2.24) is 15.2 Å². The second-order valence-corrected chi connectivity index (χ2v) is 7.81. The van der Waals surface area contributed by atoms with Crippen LogP contribution < -0.4 is 5.43 Å². The van der Waals surface area contributed by atoms with Gasteiger partial charge in [0.05, 0.1) is 18.9 Å². The zero-order valence-corrected chi connectivity index (χ0v) is 14.4. The van der Waals surface area contributed by atoms with Crippen LogP contribution in [0.2, 0.25) is 0 Å². The SMILES string of the molecule is CCCCN1C(=O)C2NN=C(C3(C4CC4)CC3)N2C2=C1CCOC2. The molecule has 5 rings (SSSR count). The number of hydrogen-bond donors (Lipinski definition) is 1. The van der Waals surface area contributed by atoms with Crippen LogP contribution in [0.1, 0.15) is 51.9 Å². The van der Waals surface area contributed by atoms with Gasteiger partial charge in [-0.2, -0.15) is 5.10 Å².